The van der Waals surface area contributed by atoms with E-state index in [0.29, 0.717) is 6.04 Å². The average molecular weight is 322 g/mol. The van der Waals surface area contributed by atoms with Gasteiger partial charge < -0.3 is 4.90 Å². The molecule has 0 spiro atoms. The first-order valence-corrected chi connectivity index (χ1v) is 8.12. The Morgan fingerprint density at radius 2 is 1.84 bits per heavy atom. The molecule has 0 aromatic heterocycles. The average Bonchev–Trinajstić information content (AvgIpc) is 3.09. The highest BCUT2D eigenvalue weighted by Crippen LogP contribution is 2.36. The van der Waals surface area contributed by atoms with Crippen molar-refractivity contribution in [3.8, 4) is 0 Å². The number of hydrogen-bond acceptors (Lipinski definition) is 1. The van der Waals surface area contributed by atoms with E-state index in [-0.39, 0.29) is 5.91 Å². The van der Waals surface area contributed by atoms with Gasteiger partial charge in [-0.25, -0.2) is 0 Å². The highest BCUT2D eigenvalue weighted by atomic mass is 79.9. The van der Waals surface area contributed by atoms with Gasteiger partial charge in [-0.05, 0) is 59.7 Å². The number of nitrogens with zero attached hydrogens (tertiary/aromatic N) is 1. The molecule has 2 fully saturated rings. The maximum atomic E-state index is 12.7. The summed E-state index contributed by atoms with van der Waals surface area (Å²) in [6.07, 6.45) is 7.67. The molecule has 1 amide bonds. The zero-order valence-electron chi connectivity index (χ0n) is 11.1. The molecule has 1 unspecified atom stereocenters. The summed E-state index contributed by atoms with van der Waals surface area (Å²) in [6.45, 7) is 0.932. The quantitative estimate of drug-likeness (QED) is 0.797. The molecule has 3 rings (SSSR count). The van der Waals surface area contributed by atoms with E-state index < -0.39 is 0 Å². The van der Waals surface area contributed by atoms with Gasteiger partial charge in [-0.1, -0.05) is 25.0 Å². The van der Waals surface area contributed by atoms with Crippen LogP contribution in [0.1, 0.15) is 48.9 Å². The lowest BCUT2D eigenvalue weighted by atomic mass is 9.95. The van der Waals surface area contributed by atoms with Crippen LogP contribution in [-0.2, 0) is 0 Å². The summed E-state index contributed by atoms with van der Waals surface area (Å²) in [6, 6.07) is 8.27. The third kappa shape index (κ3) is 2.58. The van der Waals surface area contributed by atoms with Crippen molar-refractivity contribution in [2.75, 3.05) is 6.54 Å². The minimum Gasteiger partial charge on any atom is -0.335 e. The second-order valence-corrected chi connectivity index (χ2v) is 6.59. The molecule has 1 aliphatic heterocycles. The highest BCUT2D eigenvalue weighted by Gasteiger charge is 2.36. The second-order valence-electron chi connectivity index (χ2n) is 5.73. The van der Waals surface area contributed by atoms with Crippen molar-refractivity contribution in [3.63, 3.8) is 0 Å². The third-order valence-corrected chi connectivity index (χ3v) is 5.30. The molecule has 19 heavy (non-hydrogen) atoms. The Morgan fingerprint density at radius 3 is 2.58 bits per heavy atom. The van der Waals surface area contributed by atoms with Crippen molar-refractivity contribution in [3.05, 3.63) is 34.3 Å². The van der Waals surface area contributed by atoms with Crippen molar-refractivity contribution in [1.29, 1.82) is 0 Å². The molecule has 1 saturated carbocycles. The molecule has 1 aromatic rings. The molecule has 1 saturated heterocycles. The van der Waals surface area contributed by atoms with E-state index >= 15 is 0 Å². The predicted molar refractivity (Wildman–Crippen MR) is 80.2 cm³/mol. The molecule has 0 radical (unpaired) electrons. The Labute approximate surface area is 123 Å². The number of halogens is 1. The Kier molecular flexibility index (Phi) is 3.92. The fourth-order valence-corrected chi connectivity index (χ4v) is 4.12. The lowest BCUT2D eigenvalue weighted by Gasteiger charge is -2.29. The fraction of sp³-hybridized carbons (Fsp3) is 0.562. The van der Waals surface area contributed by atoms with Crippen LogP contribution in [-0.4, -0.2) is 23.4 Å². The van der Waals surface area contributed by atoms with Gasteiger partial charge >= 0.3 is 0 Å². The van der Waals surface area contributed by atoms with Crippen molar-refractivity contribution in [2.45, 2.75) is 44.6 Å². The zero-order valence-corrected chi connectivity index (χ0v) is 12.7. The molecular weight excluding hydrogens is 302 g/mol. The molecular formula is C16H20BrNO. The highest BCUT2D eigenvalue weighted by molar-refractivity contribution is 9.10. The largest absolute Gasteiger partial charge is 0.335 e. The molecule has 2 nitrogen and oxygen atoms in total. The monoisotopic (exact) mass is 321 g/mol. The standard InChI is InChI=1S/C16H20BrNO/c17-14-9-4-3-8-13(14)16(19)18-11-5-10-15(18)12-6-1-2-7-12/h3-4,8-9,12,15H,1-2,5-7,10-11H2. The maximum Gasteiger partial charge on any atom is 0.255 e. The molecule has 1 atom stereocenters. The summed E-state index contributed by atoms with van der Waals surface area (Å²) in [5.41, 5.74) is 0.812. The summed E-state index contributed by atoms with van der Waals surface area (Å²) < 4.78 is 0.914. The number of rotatable bonds is 2. The van der Waals surface area contributed by atoms with Crippen molar-refractivity contribution in [2.24, 2.45) is 5.92 Å². The van der Waals surface area contributed by atoms with Gasteiger partial charge in [0.25, 0.3) is 5.91 Å². The number of hydrogen-bond donors (Lipinski definition) is 0. The van der Waals surface area contributed by atoms with Crippen LogP contribution in [0.4, 0.5) is 0 Å². The van der Waals surface area contributed by atoms with Crippen molar-refractivity contribution >= 4 is 21.8 Å². The first kappa shape index (κ1) is 13.2. The van der Waals surface area contributed by atoms with Crippen LogP contribution in [0.2, 0.25) is 0 Å². The van der Waals surface area contributed by atoms with E-state index in [9.17, 15) is 4.79 Å². The molecule has 2 aliphatic rings. The molecule has 102 valence electrons. The minimum atomic E-state index is 0.210. The molecule has 1 aliphatic carbocycles. The van der Waals surface area contributed by atoms with E-state index in [1.165, 1.54) is 32.1 Å². The van der Waals surface area contributed by atoms with E-state index in [2.05, 4.69) is 20.8 Å². The Bertz CT molecular complexity index is 468. The van der Waals surface area contributed by atoms with Crippen LogP contribution in [0.5, 0.6) is 0 Å². The molecule has 1 aromatic carbocycles. The van der Waals surface area contributed by atoms with E-state index in [1.54, 1.807) is 0 Å². The molecule has 3 heteroatoms. The maximum absolute atomic E-state index is 12.7. The molecule has 0 N–H and O–H groups in total. The van der Waals surface area contributed by atoms with Gasteiger partial charge in [0.1, 0.15) is 0 Å². The third-order valence-electron chi connectivity index (χ3n) is 4.61. The topological polar surface area (TPSA) is 20.3 Å². The lowest BCUT2D eigenvalue weighted by Crippen LogP contribution is -2.39. The van der Waals surface area contributed by atoms with Crippen LogP contribution in [0, 0.1) is 5.92 Å². The number of amides is 1. The summed E-state index contributed by atoms with van der Waals surface area (Å²) in [5, 5.41) is 0. The van der Waals surface area contributed by atoms with Gasteiger partial charge in [0.15, 0.2) is 0 Å². The van der Waals surface area contributed by atoms with Gasteiger partial charge in [0, 0.05) is 17.1 Å². The van der Waals surface area contributed by atoms with Crippen LogP contribution < -0.4 is 0 Å². The van der Waals surface area contributed by atoms with Crippen LogP contribution in [0.3, 0.4) is 0 Å². The summed E-state index contributed by atoms with van der Waals surface area (Å²) in [4.78, 5) is 14.9. The Balaban J connectivity index is 1.80. The number of carbonyl (C=O) groups is 1. The second kappa shape index (κ2) is 5.66. The fourth-order valence-electron chi connectivity index (χ4n) is 3.67. The molecule has 0 bridgehead atoms. The zero-order chi connectivity index (χ0) is 13.2. The van der Waals surface area contributed by atoms with Gasteiger partial charge in [-0.3, -0.25) is 4.79 Å². The van der Waals surface area contributed by atoms with Gasteiger partial charge in [0.05, 0.1) is 5.56 Å². The van der Waals surface area contributed by atoms with Crippen molar-refractivity contribution in [1.82, 2.24) is 4.90 Å². The van der Waals surface area contributed by atoms with Gasteiger partial charge in [-0.15, -0.1) is 0 Å². The minimum absolute atomic E-state index is 0.210. The SMILES string of the molecule is O=C(c1ccccc1Br)N1CCCC1C1CCCC1. The lowest BCUT2D eigenvalue weighted by molar-refractivity contribution is 0.0688. The summed E-state index contributed by atoms with van der Waals surface area (Å²) in [5.74, 6) is 0.954. The van der Waals surface area contributed by atoms with Crippen LogP contribution in [0.25, 0.3) is 0 Å². The Hall–Kier alpha value is -0.830. The summed E-state index contributed by atoms with van der Waals surface area (Å²) in [7, 11) is 0. The normalized spacial score (nSPS) is 24.1. The van der Waals surface area contributed by atoms with Crippen LogP contribution >= 0.6 is 15.9 Å². The van der Waals surface area contributed by atoms with Crippen molar-refractivity contribution < 1.29 is 4.79 Å². The van der Waals surface area contributed by atoms with E-state index in [4.69, 9.17) is 0 Å². The van der Waals surface area contributed by atoms with Gasteiger partial charge in [0.2, 0.25) is 0 Å². The number of carbonyl (C=O) groups excluding carboxylic acids is 1. The number of likely N-dealkylation sites (tertiary alicyclic amines) is 1. The Morgan fingerprint density at radius 1 is 1.11 bits per heavy atom. The first-order valence-electron chi connectivity index (χ1n) is 7.33. The predicted octanol–water partition coefficient (Wildman–Crippen LogP) is 4.24. The summed E-state index contributed by atoms with van der Waals surface area (Å²) >= 11 is 3.50. The molecule has 1 heterocycles. The van der Waals surface area contributed by atoms with Crippen LogP contribution in [0.15, 0.2) is 28.7 Å². The van der Waals surface area contributed by atoms with E-state index in [1.807, 2.05) is 24.3 Å². The smallest absolute Gasteiger partial charge is 0.255 e. The first-order chi connectivity index (χ1) is 9.27. The van der Waals surface area contributed by atoms with Gasteiger partial charge in [-0.2, -0.15) is 0 Å². The number of benzene rings is 1. The van der Waals surface area contributed by atoms with E-state index in [0.717, 1.165) is 28.9 Å².